The molecule has 1 saturated heterocycles. The molecule has 1 fully saturated rings. The van der Waals surface area contributed by atoms with E-state index in [4.69, 9.17) is 4.74 Å². The van der Waals surface area contributed by atoms with Gasteiger partial charge >= 0.3 is 0 Å². The Kier molecular flexibility index (Phi) is 4.90. The lowest BCUT2D eigenvalue weighted by atomic mass is 10.0. The number of benzene rings is 1. The van der Waals surface area contributed by atoms with Crippen LogP contribution in [-0.4, -0.2) is 73.4 Å². The predicted octanol–water partition coefficient (Wildman–Crippen LogP) is 1.21. The Morgan fingerprint density at radius 1 is 1.08 bits per heavy atom. The second-order valence-corrected chi connectivity index (χ2v) is 6.25. The molecule has 0 unspecified atom stereocenters. The molecule has 2 aliphatic heterocycles. The minimum atomic E-state index is -0.260. The molecule has 132 valence electrons. The summed E-state index contributed by atoms with van der Waals surface area (Å²) in [6, 6.07) is 7.26. The van der Waals surface area contributed by atoms with Gasteiger partial charge in [-0.1, -0.05) is 18.2 Å². The smallest absolute Gasteiger partial charge is 0.278 e. The van der Waals surface area contributed by atoms with Gasteiger partial charge in [0.25, 0.3) is 11.8 Å². The van der Waals surface area contributed by atoms with E-state index in [9.17, 15) is 9.59 Å². The van der Waals surface area contributed by atoms with Crippen molar-refractivity contribution in [3.05, 3.63) is 48.2 Å². The van der Waals surface area contributed by atoms with E-state index in [-0.39, 0.29) is 18.4 Å². The highest BCUT2D eigenvalue weighted by molar-refractivity contribution is 6.35. The van der Waals surface area contributed by atoms with E-state index in [0.29, 0.717) is 17.0 Å². The Hall–Kier alpha value is -2.60. The van der Waals surface area contributed by atoms with Crippen molar-refractivity contribution in [3.63, 3.8) is 0 Å². The molecule has 2 heterocycles. The van der Waals surface area contributed by atoms with Crippen LogP contribution in [0.2, 0.25) is 0 Å². The van der Waals surface area contributed by atoms with E-state index in [0.717, 1.165) is 31.7 Å². The maximum atomic E-state index is 12.9. The fourth-order valence-corrected chi connectivity index (χ4v) is 3.20. The van der Waals surface area contributed by atoms with Gasteiger partial charge in [-0.05, 0) is 24.7 Å². The van der Waals surface area contributed by atoms with Crippen molar-refractivity contribution >= 4 is 17.4 Å². The number of imide groups is 1. The normalized spacial score (nSPS) is 19.0. The van der Waals surface area contributed by atoms with E-state index in [1.165, 1.54) is 4.90 Å². The molecule has 2 amide bonds. The van der Waals surface area contributed by atoms with Crippen LogP contribution in [-0.2, 0) is 9.59 Å². The summed E-state index contributed by atoms with van der Waals surface area (Å²) < 4.78 is 5.19. The van der Waals surface area contributed by atoms with Gasteiger partial charge in [-0.25, -0.2) is 0 Å². The van der Waals surface area contributed by atoms with Crippen molar-refractivity contribution < 1.29 is 14.3 Å². The maximum Gasteiger partial charge on any atom is 0.278 e. The van der Waals surface area contributed by atoms with Crippen molar-refractivity contribution in [2.45, 2.75) is 0 Å². The number of amides is 2. The molecule has 2 aliphatic rings. The summed E-state index contributed by atoms with van der Waals surface area (Å²) >= 11 is 0. The molecule has 3 rings (SSSR count). The standard InChI is InChI=1S/C19H23N3O3/c1-4-9-22-18(23)16(14-5-7-15(25-3)8-6-14)17(19(22)24)21-12-10-20(2)11-13-21/h4-8H,1,9-13H2,2-3H3. The number of hydrogen-bond acceptors (Lipinski definition) is 5. The van der Waals surface area contributed by atoms with Gasteiger partial charge in [0.15, 0.2) is 0 Å². The Balaban J connectivity index is 2.03. The van der Waals surface area contributed by atoms with Crippen LogP contribution in [0.1, 0.15) is 5.56 Å². The first kappa shape index (κ1) is 17.2. The van der Waals surface area contributed by atoms with Gasteiger partial charge in [-0.3, -0.25) is 14.5 Å². The molecule has 6 heteroatoms. The lowest BCUT2D eigenvalue weighted by molar-refractivity contribution is -0.137. The molecule has 0 atom stereocenters. The quantitative estimate of drug-likeness (QED) is 0.595. The zero-order valence-electron chi connectivity index (χ0n) is 14.7. The minimum Gasteiger partial charge on any atom is -0.497 e. The summed E-state index contributed by atoms with van der Waals surface area (Å²) in [6.07, 6.45) is 1.58. The summed E-state index contributed by atoms with van der Waals surface area (Å²) in [5, 5.41) is 0. The average Bonchev–Trinajstić information content (AvgIpc) is 2.87. The van der Waals surface area contributed by atoms with E-state index in [1.807, 2.05) is 17.0 Å². The molecule has 25 heavy (non-hydrogen) atoms. The second kappa shape index (κ2) is 7.11. The van der Waals surface area contributed by atoms with E-state index >= 15 is 0 Å². The number of carbonyl (C=O) groups is 2. The first-order valence-electron chi connectivity index (χ1n) is 8.36. The minimum absolute atomic E-state index is 0.217. The van der Waals surface area contributed by atoms with Gasteiger partial charge < -0.3 is 14.5 Å². The van der Waals surface area contributed by atoms with Gasteiger partial charge in [0.05, 0.1) is 12.7 Å². The highest BCUT2D eigenvalue weighted by Crippen LogP contribution is 2.32. The number of ether oxygens (including phenoxy) is 1. The van der Waals surface area contributed by atoms with Gasteiger partial charge in [0.1, 0.15) is 11.4 Å². The average molecular weight is 341 g/mol. The largest absolute Gasteiger partial charge is 0.497 e. The van der Waals surface area contributed by atoms with E-state index in [1.54, 1.807) is 25.3 Å². The molecule has 0 aromatic heterocycles. The molecule has 1 aromatic rings. The summed E-state index contributed by atoms with van der Waals surface area (Å²) in [7, 11) is 3.65. The molecular formula is C19H23N3O3. The van der Waals surface area contributed by atoms with E-state index in [2.05, 4.69) is 18.5 Å². The summed E-state index contributed by atoms with van der Waals surface area (Å²) in [5.74, 6) is 0.217. The second-order valence-electron chi connectivity index (χ2n) is 6.25. The van der Waals surface area contributed by atoms with Crippen LogP contribution < -0.4 is 4.74 Å². The lowest BCUT2D eigenvalue weighted by Gasteiger charge is -2.34. The van der Waals surface area contributed by atoms with Crippen LogP contribution in [0.5, 0.6) is 5.75 Å². The zero-order valence-corrected chi connectivity index (χ0v) is 14.7. The summed E-state index contributed by atoms with van der Waals surface area (Å²) in [4.78, 5) is 31.3. The van der Waals surface area contributed by atoms with Gasteiger partial charge in [0.2, 0.25) is 0 Å². The van der Waals surface area contributed by atoms with Crippen LogP contribution in [0.15, 0.2) is 42.6 Å². The molecule has 0 bridgehead atoms. The molecule has 0 spiro atoms. The van der Waals surface area contributed by atoms with Crippen molar-refractivity contribution in [1.82, 2.24) is 14.7 Å². The van der Waals surface area contributed by atoms with Crippen LogP contribution in [0.25, 0.3) is 5.57 Å². The van der Waals surface area contributed by atoms with Crippen molar-refractivity contribution in [2.24, 2.45) is 0 Å². The highest BCUT2D eigenvalue weighted by Gasteiger charge is 2.41. The predicted molar refractivity (Wildman–Crippen MR) is 95.9 cm³/mol. The summed E-state index contributed by atoms with van der Waals surface area (Å²) in [6.45, 7) is 7.06. The number of piperazine rings is 1. The van der Waals surface area contributed by atoms with Crippen LogP contribution >= 0.6 is 0 Å². The van der Waals surface area contributed by atoms with Crippen molar-refractivity contribution in [3.8, 4) is 5.75 Å². The SMILES string of the molecule is C=CCN1C(=O)C(c2ccc(OC)cc2)=C(N2CCN(C)CC2)C1=O. The fraction of sp³-hybridized carbons (Fsp3) is 0.368. The molecule has 1 aromatic carbocycles. The molecule has 6 nitrogen and oxygen atoms in total. The number of methoxy groups -OCH3 is 1. The molecule has 0 aliphatic carbocycles. The Labute approximate surface area is 148 Å². The summed E-state index contributed by atoms with van der Waals surface area (Å²) in [5.41, 5.74) is 1.71. The van der Waals surface area contributed by atoms with E-state index < -0.39 is 0 Å². The first-order valence-corrected chi connectivity index (χ1v) is 8.36. The molecule has 0 radical (unpaired) electrons. The third-order valence-corrected chi connectivity index (χ3v) is 4.65. The number of hydrogen-bond donors (Lipinski definition) is 0. The monoisotopic (exact) mass is 341 g/mol. The number of rotatable bonds is 5. The van der Waals surface area contributed by atoms with Crippen LogP contribution in [0, 0.1) is 0 Å². The van der Waals surface area contributed by atoms with Gasteiger partial charge in [-0.2, -0.15) is 0 Å². The third-order valence-electron chi connectivity index (χ3n) is 4.65. The third kappa shape index (κ3) is 3.17. The van der Waals surface area contributed by atoms with Crippen molar-refractivity contribution in [2.75, 3.05) is 46.9 Å². The Morgan fingerprint density at radius 2 is 1.72 bits per heavy atom. The van der Waals surface area contributed by atoms with Crippen molar-refractivity contribution in [1.29, 1.82) is 0 Å². The lowest BCUT2D eigenvalue weighted by Crippen LogP contribution is -2.46. The van der Waals surface area contributed by atoms with Crippen LogP contribution in [0.3, 0.4) is 0 Å². The van der Waals surface area contributed by atoms with Gasteiger partial charge in [-0.15, -0.1) is 6.58 Å². The highest BCUT2D eigenvalue weighted by atomic mass is 16.5. The maximum absolute atomic E-state index is 12.9. The Bertz CT molecular complexity index is 716. The number of nitrogens with zero attached hydrogens (tertiary/aromatic N) is 3. The molecule has 0 saturated carbocycles. The fourth-order valence-electron chi connectivity index (χ4n) is 3.20. The molecular weight excluding hydrogens is 318 g/mol. The van der Waals surface area contributed by atoms with Crippen LogP contribution in [0.4, 0.5) is 0 Å². The first-order chi connectivity index (χ1) is 12.1. The number of likely N-dealkylation sites (N-methyl/N-ethyl adjacent to an activating group) is 1. The topological polar surface area (TPSA) is 53.1 Å². The zero-order chi connectivity index (χ0) is 18.0. The van der Waals surface area contributed by atoms with Gasteiger partial charge in [0, 0.05) is 32.7 Å². The molecule has 0 N–H and O–H groups in total. The number of carbonyl (C=O) groups excluding carboxylic acids is 2. The Morgan fingerprint density at radius 3 is 2.28 bits per heavy atom.